The lowest BCUT2D eigenvalue weighted by atomic mass is 9.98. The molecule has 0 fully saturated rings. The minimum Gasteiger partial charge on any atom is -0.389 e. The molecule has 0 atom stereocenters. The van der Waals surface area contributed by atoms with Crippen LogP contribution in [0.4, 0.5) is 10.7 Å². The maximum absolute atomic E-state index is 6.88. The van der Waals surface area contributed by atoms with Crippen molar-refractivity contribution < 1.29 is 0 Å². The summed E-state index contributed by atoms with van der Waals surface area (Å²) in [6.07, 6.45) is 10.9. The Morgan fingerprint density at radius 2 is 1.30 bits per heavy atom. The monoisotopic (exact) mass is 750 g/mol. The maximum atomic E-state index is 6.88. The summed E-state index contributed by atoms with van der Waals surface area (Å²) in [5.41, 5.74) is 18.9. The molecule has 7 aromatic carbocycles. The molecule has 10 aromatic rings. The smallest absolute Gasteiger partial charge is 0.111 e. The Labute approximate surface area is 334 Å². The molecule has 11 rings (SSSR count). The van der Waals surface area contributed by atoms with Crippen molar-refractivity contribution in [2.24, 2.45) is 0 Å². The summed E-state index contributed by atoms with van der Waals surface area (Å²) in [6.45, 7) is 4.74. The van der Waals surface area contributed by atoms with E-state index < -0.39 is 0 Å². The number of nitrogen functional groups attached to an aromatic ring is 1. The van der Waals surface area contributed by atoms with Crippen molar-refractivity contribution >= 4 is 92.2 Å². The molecule has 0 unspecified atom stereocenters. The number of thiophene rings is 1. The Bertz CT molecular complexity index is 3350. The molecule has 1 aliphatic carbocycles. The molecule has 5 heteroatoms. The van der Waals surface area contributed by atoms with Crippen LogP contribution in [0.2, 0.25) is 0 Å². The second-order valence-electron chi connectivity index (χ2n) is 14.8. The van der Waals surface area contributed by atoms with E-state index in [0.717, 1.165) is 78.3 Å². The predicted octanol–water partition coefficient (Wildman–Crippen LogP) is 14.3. The van der Waals surface area contributed by atoms with Gasteiger partial charge in [0.1, 0.15) is 5.00 Å². The van der Waals surface area contributed by atoms with E-state index in [0.29, 0.717) is 0 Å². The molecular weight excluding hydrogens is 713 g/mol. The summed E-state index contributed by atoms with van der Waals surface area (Å²) in [7, 11) is 0. The quantitative estimate of drug-likeness (QED) is 0.159. The van der Waals surface area contributed by atoms with Gasteiger partial charge < -0.3 is 20.2 Å². The van der Waals surface area contributed by atoms with Gasteiger partial charge in [-0.25, -0.2) is 0 Å². The number of anilines is 2. The van der Waals surface area contributed by atoms with E-state index in [-0.39, 0.29) is 0 Å². The first kappa shape index (κ1) is 33.3. The van der Waals surface area contributed by atoms with Crippen LogP contribution in [0, 0.1) is 0 Å². The van der Waals surface area contributed by atoms with Crippen LogP contribution in [0.1, 0.15) is 12.8 Å². The van der Waals surface area contributed by atoms with Gasteiger partial charge in [-0.05, 0) is 100 Å². The Morgan fingerprint density at radius 3 is 2.11 bits per heavy atom. The number of aromatic nitrogens is 2. The average Bonchev–Trinajstić information content (AvgIpc) is 3.89. The van der Waals surface area contributed by atoms with E-state index in [4.69, 9.17) is 12.3 Å². The van der Waals surface area contributed by atoms with Crippen molar-refractivity contribution in [3.63, 3.8) is 0 Å². The van der Waals surface area contributed by atoms with Crippen LogP contribution in [-0.4, -0.2) is 9.13 Å². The van der Waals surface area contributed by atoms with Crippen LogP contribution in [0.3, 0.4) is 0 Å². The van der Waals surface area contributed by atoms with Crippen LogP contribution in [0.15, 0.2) is 194 Å². The van der Waals surface area contributed by atoms with Gasteiger partial charge >= 0.3 is 0 Å². The molecule has 3 aromatic heterocycles. The molecule has 0 bridgehead atoms. The van der Waals surface area contributed by atoms with Gasteiger partial charge in [-0.15, -0.1) is 11.3 Å². The van der Waals surface area contributed by atoms with Gasteiger partial charge in [0.15, 0.2) is 0 Å². The highest BCUT2D eigenvalue weighted by Crippen LogP contribution is 2.43. The number of nitrogens with two attached hydrogens (primary N) is 1. The minimum atomic E-state index is 0.744. The summed E-state index contributed by atoms with van der Waals surface area (Å²) in [5, 5.41) is 12.9. The fraction of sp³-hybridized carbons (Fsp3) is 0.0385. The van der Waals surface area contributed by atoms with Crippen molar-refractivity contribution in [1.29, 1.82) is 0 Å². The number of hydrogen-bond acceptors (Lipinski definition) is 3. The van der Waals surface area contributed by atoms with Gasteiger partial charge in [0.2, 0.25) is 0 Å². The van der Waals surface area contributed by atoms with Gasteiger partial charge in [0.05, 0.1) is 33.5 Å². The SMILES string of the molecule is C=C(C1=CCCC=C1)/C(=C\Nc1c(N)sc2ccc(-c3ccc4c5ccccc5n(-c5ccccc5)c4c3)cc12)n1c2ccccc2c2cc3ccccc3cc21. The van der Waals surface area contributed by atoms with Crippen molar-refractivity contribution in [2.45, 2.75) is 12.8 Å². The van der Waals surface area contributed by atoms with E-state index >= 15 is 0 Å². The van der Waals surface area contributed by atoms with Crippen LogP contribution in [0.25, 0.3) is 87.0 Å². The van der Waals surface area contributed by atoms with Crippen LogP contribution < -0.4 is 11.1 Å². The molecule has 0 radical (unpaired) electrons. The van der Waals surface area contributed by atoms with E-state index in [1.54, 1.807) is 11.3 Å². The normalized spacial score (nSPS) is 13.4. The largest absolute Gasteiger partial charge is 0.389 e. The van der Waals surface area contributed by atoms with Gasteiger partial charge in [0.25, 0.3) is 0 Å². The summed E-state index contributed by atoms with van der Waals surface area (Å²) in [5.74, 6) is 0. The standard InChI is InChI=1S/C52H38N4S/c1-33(34-14-4-2-5-15-34)49(56-46-23-13-11-21-41(46)43-28-35-16-8-9-17-36(35)30-48(43)56)32-54-51-44-29-37(25-27-50(44)57-52(51)53)38-24-26-42-40-20-10-12-22-45(40)55(47(42)31-38)39-18-6-3-7-19-39/h3-4,6-32,54H,1-2,5,53H2/b49-32+. The number of nitrogens with zero attached hydrogens (tertiary/aromatic N) is 2. The zero-order valence-electron chi connectivity index (χ0n) is 31.2. The van der Waals surface area contributed by atoms with Crippen LogP contribution in [0.5, 0.6) is 0 Å². The third-order valence-corrected chi connectivity index (χ3v) is 12.5. The van der Waals surface area contributed by atoms with Gasteiger partial charge in [-0.2, -0.15) is 0 Å². The van der Waals surface area contributed by atoms with Crippen LogP contribution >= 0.6 is 11.3 Å². The number of hydrogen-bond donors (Lipinski definition) is 2. The lowest BCUT2D eigenvalue weighted by Gasteiger charge is -2.19. The lowest BCUT2D eigenvalue weighted by Crippen LogP contribution is -2.05. The topological polar surface area (TPSA) is 47.9 Å². The molecular formula is C52H38N4S. The molecule has 3 N–H and O–H groups in total. The minimum absolute atomic E-state index is 0.744. The molecule has 3 heterocycles. The highest BCUT2D eigenvalue weighted by atomic mass is 32.1. The lowest BCUT2D eigenvalue weighted by molar-refractivity contribution is 1.02. The first-order valence-corrected chi connectivity index (χ1v) is 20.3. The number of benzene rings is 7. The van der Waals surface area contributed by atoms with Crippen molar-refractivity contribution in [2.75, 3.05) is 11.1 Å². The number of nitrogens with one attached hydrogen (secondary N) is 1. The Kier molecular flexibility index (Phi) is 7.76. The molecule has 0 aliphatic heterocycles. The Morgan fingerprint density at radius 1 is 0.614 bits per heavy atom. The first-order chi connectivity index (χ1) is 28.1. The second-order valence-corrected chi connectivity index (χ2v) is 15.9. The highest BCUT2D eigenvalue weighted by molar-refractivity contribution is 7.23. The van der Waals surface area contributed by atoms with Crippen LogP contribution in [-0.2, 0) is 0 Å². The summed E-state index contributed by atoms with van der Waals surface area (Å²) in [4.78, 5) is 0. The Balaban J connectivity index is 1.07. The third-order valence-electron chi connectivity index (χ3n) is 11.5. The van der Waals surface area contributed by atoms with E-state index in [1.807, 2.05) is 0 Å². The maximum Gasteiger partial charge on any atom is 0.111 e. The zero-order valence-corrected chi connectivity index (χ0v) is 32.1. The predicted molar refractivity (Wildman–Crippen MR) is 246 cm³/mol. The number of rotatable bonds is 7. The zero-order chi connectivity index (χ0) is 38.0. The fourth-order valence-corrected chi connectivity index (χ4v) is 9.69. The summed E-state index contributed by atoms with van der Waals surface area (Å²) >= 11 is 1.61. The second kappa shape index (κ2) is 13.3. The molecule has 0 spiro atoms. The number of allylic oxidation sites excluding steroid dienone is 6. The van der Waals surface area contributed by atoms with Crippen molar-refractivity contribution in [3.05, 3.63) is 194 Å². The molecule has 0 saturated carbocycles. The van der Waals surface area contributed by atoms with E-state index in [9.17, 15) is 0 Å². The third kappa shape index (κ3) is 5.42. The van der Waals surface area contributed by atoms with Crippen molar-refractivity contribution in [3.8, 4) is 16.8 Å². The van der Waals surface area contributed by atoms with Gasteiger partial charge in [0, 0.05) is 43.5 Å². The molecule has 57 heavy (non-hydrogen) atoms. The average molecular weight is 751 g/mol. The summed E-state index contributed by atoms with van der Waals surface area (Å²) in [6, 6.07) is 54.7. The molecule has 4 nitrogen and oxygen atoms in total. The molecule has 0 amide bonds. The highest BCUT2D eigenvalue weighted by Gasteiger charge is 2.20. The van der Waals surface area contributed by atoms with Crippen molar-refractivity contribution in [1.82, 2.24) is 9.13 Å². The fourth-order valence-electron chi connectivity index (χ4n) is 8.78. The molecule has 0 saturated heterocycles. The van der Waals surface area contributed by atoms with Gasteiger partial charge in [-0.1, -0.05) is 122 Å². The molecule has 1 aliphatic rings. The molecule has 272 valence electrons. The first-order valence-electron chi connectivity index (χ1n) is 19.5. The van der Waals surface area contributed by atoms with E-state index in [1.165, 1.54) is 43.4 Å². The van der Waals surface area contributed by atoms with E-state index in [2.05, 4.69) is 191 Å². The number of fused-ring (bicyclic) bond motifs is 8. The summed E-state index contributed by atoms with van der Waals surface area (Å²) < 4.78 is 5.87. The number of para-hydroxylation sites is 3. The van der Waals surface area contributed by atoms with Gasteiger partial charge in [-0.3, -0.25) is 0 Å². The Hall–Kier alpha value is -7.08.